The van der Waals surface area contributed by atoms with Crippen LogP contribution < -0.4 is 0 Å². The number of benzene rings is 2. The lowest BCUT2D eigenvalue weighted by molar-refractivity contribution is 0.473. The van der Waals surface area contributed by atoms with E-state index in [-0.39, 0.29) is 17.8 Å². The smallest absolute Gasteiger partial charge is 0.115 e. The highest BCUT2D eigenvalue weighted by atomic mass is 16.3. The fourth-order valence-corrected chi connectivity index (χ4v) is 2.28. The second-order valence-corrected chi connectivity index (χ2v) is 4.50. The fraction of sp³-hybridized carbons (Fsp3) is 0.200. The zero-order valence-corrected chi connectivity index (χ0v) is 9.90. The van der Waals surface area contributed by atoms with Crippen LogP contribution in [0.15, 0.2) is 64.8 Å². The van der Waals surface area contributed by atoms with Crippen molar-refractivity contribution in [1.29, 1.82) is 0 Å². The first-order valence-corrected chi connectivity index (χ1v) is 6.07. The summed E-state index contributed by atoms with van der Waals surface area (Å²) in [5, 5.41) is 18.1. The number of hydrogen-bond acceptors (Lipinski definition) is 3. The Kier molecular flexibility index (Phi) is 2.81. The zero-order chi connectivity index (χ0) is 12.4. The van der Waals surface area contributed by atoms with Crippen LogP contribution in [0.4, 0.5) is 0 Å². The Bertz CT molecular complexity index is 566. The van der Waals surface area contributed by atoms with Crippen LogP contribution in [-0.2, 0) is 0 Å². The fourth-order valence-electron chi connectivity index (χ4n) is 2.28. The Hall–Kier alpha value is -2.16. The SMILES string of the molecule is Oc1cccc(C2CC(c3ccccc3)N=N2)c1. The van der Waals surface area contributed by atoms with Crippen LogP contribution in [-0.4, -0.2) is 5.11 Å². The zero-order valence-electron chi connectivity index (χ0n) is 9.90. The van der Waals surface area contributed by atoms with Crippen molar-refractivity contribution in [1.82, 2.24) is 0 Å². The Labute approximate surface area is 106 Å². The summed E-state index contributed by atoms with van der Waals surface area (Å²) in [6.45, 7) is 0. The van der Waals surface area contributed by atoms with Gasteiger partial charge in [-0.3, -0.25) is 0 Å². The van der Waals surface area contributed by atoms with Crippen LogP contribution in [0.25, 0.3) is 0 Å². The summed E-state index contributed by atoms with van der Waals surface area (Å²) in [5.41, 5.74) is 2.22. The monoisotopic (exact) mass is 238 g/mol. The molecule has 2 aromatic rings. The van der Waals surface area contributed by atoms with Crippen LogP contribution in [0.2, 0.25) is 0 Å². The highest BCUT2D eigenvalue weighted by Crippen LogP contribution is 2.38. The second-order valence-electron chi connectivity index (χ2n) is 4.50. The molecule has 0 aliphatic carbocycles. The van der Waals surface area contributed by atoms with Crippen molar-refractivity contribution in [2.75, 3.05) is 0 Å². The third-order valence-electron chi connectivity index (χ3n) is 3.23. The van der Waals surface area contributed by atoms with Gasteiger partial charge in [0.2, 0.25) is 0 Å². The lowest BCUT2D eigenvalue weighted by Crippen LogP contribution is -1.96. The van der Waals surface area contributed by atoms with Crippen LogP contribution in [0.1, 0.15) is 29.6 Å². The molecule has 0 spiro atoms. The van der Waals surface area contributed by atoms with Crippen molar-refractivity contribution < 1.29 is 5.11 Å². The van der Waals surface area contributed by atoms with E-state index in [2.05, 4.69) is 22.4 Å². The van der Waals surface area contributed by atoms with E-state index < -0.39 is 0 Å². The van der Waals surface area contributed by atoms with E-state index in [1.54, 1.807) is 12.1 Å². The van der Waals surface area contributed by atoms with E-state index in [0.29, 0.717) is 0 Å². The maximum Gasteiger partial charge on any atom is 0.115 e. The molecule has 0 amide bonds. The van der Waals surface area contributed by atoms with Gasteiger partial charge in [-0.2, -0.15) is 10.2 Å². The molecule has 1 heterocycles. The third kappa shape index (κ3) is 2.12. The Morgan fingerprint density at radius 3 is 2.22 bits per heavy atom. The van der Waals surface area contributed by atoms with Gasteiger partial charge in [-0.15, -0.1) is 0 Å². The number of rotatable bonds is 2. The van der Waals surface area contributed by atoms with Gasteiger partial charge in [0.1, 0.15) is 5.75 Å². The molecule has 2 atom stereocenters. The summed E-state index contributed by atoms with van der Waals surface area (Å²) >= 11 is 0. The number of aromatic hydroxyl groups is 1. The predicted molar refractivity (Wildman–Crippen MR) is 69.5 cm³/mol. The highest BCUT2D eigenvalue weighted by molar-refractivity contribution is 5.31. The molecule has 0 saturated heterocycles. The van der Waals surface area contributed by atoms with Crippen molar-refractivity contribution in [3.05, 3.63) is 65.7 Å². The average Bonchev–Trinajstić information content (AvgIpc) is 2.89. The minimum absolute atomic E-state index is 0.0577. The number of hydrogen-bond donors (Lipinski definition) is 1. The van der Waals surface area contributed by atoms with Crippen molar-refractivity contribution in [3.63, 3.8) is 0 Å². The first-order chi connectivity index (χ1) is 8.83. The normalized spacial score (nSPS) is 22.2. The predicted octanol–water partition coefficient (Wildman–Crippen LogP) is 4.03. The third-order valence-corrected chi connectivity index (χ3v) is 3.23. The van der Waals surface area contributed by atoms with Gasteiger partial charge >= 0.3 is 0 Å². The number of phenols is 1. The molecule has 1 N–H and O–H groups in total. The van der Waals surface area contributed by atoms with Gasteiger partial charge in [-0.25, -0.2) is 0 Å². The summed E-state index contributed by atoms with van der Waals surface area (Å²) in [6, 6.07) is 17.7. The van der Waals surface area contributed by atoms with Gasteiger partial charge in [0.15, 0.2) is 0 Å². The van der Waals surface area contributed by atoms with E-state index in [1.807, 2.05) is 30.3 Å². The van der Waals surface area contributed by atoms with E-state index in [4.69, 9.17) is 0 Å². The van der Waals surface area contributed by atoms with E-state index in [1.165, 1.54) is 5.56 Å². The van der Waals surface area contributed by atoms with Crippen LogP contribution in [0.5, 0.6) is 5.75 Å². The summed E-state index contributed by atoms with van der Waals surface area (Å²) in [7, 11) is 0. The van der Waals surface area contributed by atoms with Gasteiger partial charge in [0, 0.05) is 6.42 Å². The van der Waals surface area contributed by atoms with Gasteiger partial charge in [0.25, 0.3) is 0 Å². The molecule has 0 bridgehead atoms. The van der Waals surface area contributed by atoms with Crippen molar-refractivity contribution in [3.8, 4) is 5.75 Å². The van der Waals surface area contributed by atoms with Gasteiger partial charge < -0.3 is 5.11 Å². The number of azo groups is 1. The van der Waals surface area contributed by atoms with Crippen molar-refractivity contribution >= 4 is 0 Å². The largest absolute Gasteiger partial charge is 0.508 e. The molecule has 90 valence electrons. The van der Waals surface area contributed by atoms with Crippen LogP contribution >= 0.6 is 0 Å². The van der Waals surface area contributed by atoms with E-state index >= 15 is 0 Å². The molecule has 0 fully saturated rings. The lowest BCUT2D eigenvalue weighted by Gasteiger charge is -2.09. The first kappa shape index (κ1) is 11.0. The Morgan fingerprint density at radius 2 is 1.50 bits per heavy atom. The van der Waals surface area contributed by atoms with Crippen molar-refractivity contribution in [2.24, 2.45) is 10.2 Å². The maximum atomic E-state index is 9.48. The molecule has 3 nitrogen and oxygen atoms in total. The van der Waals surface area contributed by atoms with Gasteiger partial charge in [-0.05, 0) is 23.3 Å². The molecule has 2 unspecified atom stereocenters. The van der Waals surface area contributed by atoms with Crippen LogP contribution in [0, 0.1) is 0 Å². The van der Waals surface area contributed by atoms with Crippen molar-refractivity contribution in [2.45, 2.75) is 18.5 Å². The number of phenolic OH excluding ortho intramolecular Hbond substituents is 1. The van der Waals surface area contributed by atoms with E-state index in [0.717, 1.165) is 12.0 Å². The Balaban J connectivity index is 1.79. The highest BCUT2D eigenvalue weighted by Gasteiger charge is 2.24. The summed E-state index contributed by atoms with van der Waals surface area (Å²) in [5.74, 6) is 0.283. The molecule has 1 aliphatic heterocycles. The second kappa shape index (κ2) is 4.61. The number of nitrogens with zero attached hydrogens (tertiary/aromatic N) is 2. The maximum absolute atomic E-state index is 9.48. The molecule has 0 saturated carbocycles. The molecule has 3 heteroatoms. The quantitative estimate of drug-likeness (QED) is 0.843. The molecule has 3 rings (SSSR count). The van der Waals surface area contributed by atoms with Gasteiger partial charge in [-0.1, -0.05) is 42.5 Å². The standard InChI is InChI=1S/C15H14N2O/c18-13-8-4-7-12(9-13)15-10-14(16-17-15)11-5-2-1-3-6-11/h1-9,14-15,18H,10H2. The molecule has 0 radical (unpaired) electrons. The topological polar surface area (TPSA) is 45.0 Å². The van der Waals surface area contributed by atoms with Gasteiger partial charge in [0.05, 0.1) is 12.1 Å². The summed E-state index contributed by atoms with van der Waals surface area (Å²) in [4.78, 5) is 0. The average molecular weight is 238 g/mol. The molecule has 1 aliphatic rings. The Morgan fingerprint density at radius 1 is 0.833 bits per heavy atom. The van der Waals surface area contributed by atoms with Crippen LogP contribution in [0.3, 0.4) is 0 Å². The molecule has 18 heavy (non-hydrogen) atoms. The molecular formula is C15H14N2O. The van der Waals surface area contributed by atoms with E-state index in [9.17, 15) is 5.11 Å². The molecular weight excluding hydrogens is 224 g/mol. The summed E-state index contributed by atoms with van der Waals surface area (Å²) in [6.07, 6.45) is 0.869. The summed E-state index contributed by atoms with van der Waals surface area (Å²) < 4.78 is 0. The molecule has 0 aromatic heterocycles. The lowest BCUT2D eigenvalue weighted by atomic mass is 9.97. The minimum Gasteiger partial charge on any atom is -0.508 e. The first-order valence-electron chi connectivity index (χ1n) is 6.07. The molecule has 2 aromatic carbocycles. The minimum atomic E-state index is 0.0577.